The van der Waals surface area contributed by atoms with Crippen molar-refractivity contribution in [1.82, 2.24) is 0 Å². The number of methoxy groups -OCH3 is 1. The lowest BCUT2D eigenvalue weighted by Crippen LogP contribution is -2.14. The minimum absolute atomic E-state index is 0.0752. The van der Waals surface area contributed by atoms with Crippen LogP contribution >= 0.6 is 0 Å². The molecule has 2 rings (SSSR count). The molecule has 1 heterocycles. The lowest BCUT2D eigenvalue weighted by Gasteiger charge is -2.14. The van der Waals surface area contributed by atoms with Crippen molar-refractivity contribution in [3.8, 4) is 5.75 Å². The Morgan fingerprint density at radius 1 is 1.31 bits per heavy atom. The zero-order valence-electron chi connectivity index (χ0n) is 9.22. The largest absolute Gasteiger partial charge is 0.496 e. The van der Waals surface area contributed by atoms with Gasteiger partial charge < -0.3 is 14.9 Å². The van der Waals surface area contributed by atoms with Gasteiger partial charge in [-0.3, -0.25) is 0 Å². The van der Waals surface area contributed by atoms with Crippen molar-refractivity contribution in [2.45, 2.75) is 12.5 Å². The van der Waals surface area contributed by atoms with E-state index < -0.39 is 0 Å². The number of hydrogen-bond acceptors (Lipinski definition) is 3. The van der Waals surface area contributed by atoms with Crippen molar-refractivity contribution >= 4 is 0 Å². The van der Waals surface area contributed by atoms with Gasteiger partial charge in [-0.25, -0.2) is 0 Å². The minimum atomic E-state index is -0.0752. The highest BCUT2D eigenvalue weighted by atomic mass is 16.5. The van der Waals surface area contributed by atoms with Crippen LogP contribution in [-0.2, 0) is 6.42 Å². The van der Waals surface area contributed by atoms with E-state index in [0.717, 1.165) is 23.3 Å². The summed E-state index contributed by atoms with van der Waals surface area (Å²) in [7, 11) is 1.66. The van der Waals surface area contributed by atoms with Gasteiger partial charge >= 0.3 is 0 Å². The van der Waals surface area contributed by atoms with Gasteiger partial charge in [0.2, 0.25) is 0 Å². The van der Waals surface area contributed by atoms with Crippen LogP contribution in [0.15, 0.2) is 47.3 Å². The van der Waals surface area contributed by atoms with Crippen LogP contribution in [0.4, 0.5) is 0 Å². The molecule has 3 heteroatoms. The molecule has 0 fully saturated rings. The van der Waals surface area contributed by atoms with E-state index in [1.54, 1.807) is 19.6 Å². The molecule has 0 aliphatic heterocycles. The third-order valence-electron chi connectivity index (χ3n) is 2.57. The highest BCUT2D eigenvalue weighted by Crippen LogP contribution is 2.25. The van der Waals surface area contributed by atoms with Gasteiger partial charge in [-0.15, -0.1) is 0 Å². The molecule has 0 spiro atoms. The summed E-state index contributed by atoms with van der Waals surface area (Å²) in [5.41, 5.74) is 8.26. The number of para-hydroxylation sites is 1. The summed E-state index contributed by atoms with van der Waals surface area (Å²) in [6.45, 7) is 0. The summed E-state index contributed by atoms with van der Waals surface area (Å²) < 4.78 is 10.3. The monoisotopic (exact) mass is 217 g/mol. The Morgan fingerprint density at radius 3 is 2.81 bits per heavy atom. The minimum Gasteiger partial charge on any atom is -0.496 e. The van der Waals surface area contributed by atoms with Crippen molar-refractivity contribution < 1.29 is 9.15 Å². The first-order chi connectivity index (χ1) is 7.81. The van der Waals surface area contributed by atoms with Gasteiger partial charge in [-0.05, 0) is 24.1 Å². The Morgan fingerprint density at radius 2 is 2.12 bits per heavy atom. The maximum absolute atomic E-state index is 6.14. The molecule has 2 N–H and O–H groups in total. The zero-order valence-corrected chi connectivity index (χ0v) is 9.22. The molecule has 0 radical (unpaired) electrons. The third-order valence-corrected chi connectivity index (χ3v) is 2.57. The van der Waals surface area contributed by atoms with Crippen LogP contribution in [0.1, 0.15) is 17.2 Å². The predicted molar refractivity (Wildman–Crippen MR) is 62.3 cm³/mol. The maximum Gasteiger partial charge on any atom is 0.123 e. The molecule has 84 valence electrons. The van der Waals surface area contributed by atoms with Crippen molar-refractivity contribution in [2.24, 2.45) is 5.73 Å². The van der Waals surface area contributed by atoms with Gasteiger partial charge in [0, 0.05) is 11.6 Å². The molecular weight excluding hydrogens is 202 g/mol. The molecule has 1 atom stereocenters. The van der Waals surface area contributed by atoms with Crippen molar-refractivity contribution in [1.29, 1.82) is 0 Å². The normalized spacial score (nSPS) is 12.4. The Balaban J connectivity index is 2.17. The highest BCUT2D eigenvalue weighted by molar-refractivity contribution is 5.36. The summed E-state index contributed by atoms with van der Waals surface area (Å²) >= 11 is 0. The molecule has 0 saturated carbocycles. The first-order valence-electron chi connectivity index (χ1n) is 5.21. The summed E-state index contributed by atoms with van der Waals surface area (Å²) in [6.07, 6.45) is 4.12. The lowest BCUT2D eigenvalue weighted by molar-refractivity contribution is 0.405. The second-order valence-corrected chi connectivity index (χ2v) is 3.68. The second kappa shape index (κ2) is 4.86. The molecule has 0 saturated heterocycles. The van der Waals surface area contributed by atoms with Crippen LogP contribution in [0.25, 0.3) is 0 Å². The average molecular weight is 217 g/mol. The zero-order chi connectivity index (χ0) is 11.4. The Labute approximate surface area is 94.8 Å². The van der Waals surface area contributed by atoms with Crippen LogP contribution in [0, 0.1) is 0 Å². The lowest BCUT2D eigenvalue weighted by atomic mass is 10.0. The number of rotatable bonds is 4. The molecule has 0 bridgehead atoms. The fourth-order valence-corrected chi connectivity index (χ4v) is 1.75. The van der Waals surface area contributed by atoms with Gasteiger partial charge in [0.1, 0.15) is 5.75 Å². The predicted octanol–water partition coefficient (Wildman–Crippen LogP) is 2.53. The van der Waals surface area contributed by atoms with E-state index in [4.69, 9.17) is 14.9 Å². The van der Waals surface area contributed by atoms with E-state index in [-0.39, 0.29) is 6.04 Å². The summed E-state index contributed by atoms with van der Waals surface area (Å²) in [5.74, 6) is 0.832. The van der Waals surface area contributed by atoms with Crippen LogP contribution in [0.2, 0.25) is 0 Å². The molecule has 16 heavy (non-hydrogen) atoms. The molecular formula is C13H15NO2. The van der Waals surface area contributed by atoms with E-state index in [9.17, 15) is 0 Å². The van der Waals surface area contributed by atoms with Crippen molar-refractivity contribution in [2.75, 3.05) is 7.11 Å². The van der Waals surface area contributed by atoms with Crippen LogP contribution in [-0.4, -0.2) is 7.11 Å². The fourth-order valence-electron chi connectivity index (χ4n) is 1.75. The van der Waals surface area contributed by atoms with Gasteiger partial charge in [0.25, 0.3) is 0 Å². The first-order valence-corrected chi connectivity index (χ1v) is 5.21. The number of hydrogen-bond donors (Lipinski definition) is 1. The van der Waals surface area contributed by atoms with E-state index >= 15 is 0 Å². The summed E-state index contributed by atoms with van der Waals surface area (Å²) in [6, 6.07) is 9.66. The van der Waals surface area contributed by atoms with E-state index in [2.05, 4.69) is 0 Å². The molecule has 0 aliphatic rings. The molecule has 1 aromatic heterocycles. The van der Waals surface area contributed by atoms with Crippen LogP contribution in [0.3, 0.4) is 0 Å². The van der Waals surface area contributed by atoms with Crippen molar-refractivity contribution in [3.05, 3.63) is 54.0 Å². The molecule has 3 nitrogen and oxygen atoms in total. The first kappa shape index (κ1) is 10.8. The quantitative estimate of drug-likeness (QED) is 0.856. The molecule has 1 unspecified atom stereocenters. The topological polar surface area (TPSA) is 48.4 Å². The molecule has 0 aliphatic carbocycles. The van der Waals surface area contributed by atoms with E-state index in [1.165, 1.54) is 0 Å². The van der Waals surface area contributed by atoms with E-state index in [1.807, 2.05) is 30.3 Å². The fraction of sp³-hybridized carbons (Fsp3) is 0.231. The van der Waals surface area contributed by atoms with Crippen LogP contribution < -0.4 is 10.5 Å². The maximum atomic E-state index is 6.14. The SMILES string of the molecule is COc1ccccc1C(N)Cc1ccoc1. The van der Waals surface area contributed by atoms with Gasteiger partial charge in [-0.1, -0.05) is 18.2 Å². The third kappa shape index (κ3) is 2.25. The number of nitrogens with two attached hydrogens (primary N) is 1. The number of furan rings is 1. The average Bonchev–Trinajstić information content (AvgIpc) is 2.81. The Bertz CT molecular complexity index is 437. The van der Waals surface area contributed by atoms with Gasteiger partial charge in [0.15, 0.2) is 0 Å². The number of ether oxygens (including phenoxy) is 1. The van der Waals surface area contributed by atoms with E-state index in [0.29, 0.717) is 0 Å². The molecule has 2 aromatic rings. The Kier molecular flexibility index (Phi) is 3.27. The summed E-state index contributed by atoms with van der Waals surface area (Å²) in [4.78, 5) is 0. The molecule has 0 amide bonds. The Hall–Kier alpha value is -1.74. The van der Waals surface area contributed by atoms with Gasteiger partial charge in [0.05, 0.1) is 19.6 Å². The number of benzene rings is 1. The molecule has 1 aromatic carbocycles. The highest BCUT2D eigenvalue weighted by Gasteiger charge is 2.12. The summed E-state index contributed by atoms with van der Waals surface area (Å²) in [5, 5.41) is 0. The van der Waals surface area contributed by atoms with Gasteiger partial charge in [-0.2, -0.15) is 0 Å². The van der Waals surface area contributed by atoms with Crippen LogP contribution in [0.5, 0.6) is 5.75 Å². The standard InChI is InChI=1S/C13H15NO2/c1-15-13-5-3-2-4-11(13)12(14)8-10-6-7-16-9-10/h2-7,9,12H,8,14H2,1H3. The van der Waals surface area contributed by atoms with Crippen molar-refractivity contribution in [3.63, 3.8) is 0 Å². The smallest absolute Gasteiger partial charge is 0.123 e. The second-order valence-electron chi connectivity index (χ2n) is 3.68.